The molecule has 3 heteroatoms. The molecule has 3 nitrogen and oxygen atoms in total. The van der Waals surface area contributed by atoms with Crippen LogP contribution in [0.15, 0.2) is 12.1 Å². The summed E-state index contributed by atoms with van der Waals surface area (Å²) in [6.07, 6.45) is 2.42. The minimum absolute atomic E-state index is 0.246. The zero-order valence-electron chi connectivity index (χ0n) is 14.0. The van der Waals surface area contributed by atoms with Gasteiger partial charge in [-0.3, -0.25) is 4.90 Å². The van der Waals surface area contributed by atoms with Gasteiger partial charge in [0, 0.05) is 19.1 Å². The number of rotatable bonds is 5. The second kappa shape index (κ2) is 7.39. The molecule has 1 aromatic rings. The van der Waals surface area contributed by atoms with Gasteiger partial charge in [-0.15, -0.1) is 0 Å². The SMILES string of the molecule is Cc1cc(C)c(CN(CCO)C2CCN(C)CC2)cc1C. The van der Waals surface area contributed by atoms with E-state index < -0.39 is 0 Å². The number of nitrogens with zero attached hydrogens (tertiary/aromatic N) is 2. The summed E-state index contributed by atoms with van der Waals surface area (Å²) in [4.78, 5) is 4.87. The Morgan fingerprint density at radius 2 is 1.71 bits per heavy atom. The lowest BCUT2D eigenvalue weighted by atomic mass is 9.98. The smallest absolute Gasteiger partial charge is 0.0558 e. The van der Waals surface area contributed by atoms with Gasteiger partial charge in [0.2, 0.25) is 0 Å². The van der Waals surface area contributed by atoms with Crippen molar-refractivity contribution in [2.75, 3.05) is 33.3 Å². The highest BCUT2D eigenvalue weighted by atomic mass is 16.3. The lowest BCUT2D eigenvalue weighted by molar-refractivity contribution is 0.0939. The van der Waals surface area contributed by atoms with Gasteiger partial charge in [-0.1, -0.05) is 12.1 Å². The average Bonchev–Trinajstić information content (AvgIpc) is 2.45. The van der Waals surface area contributed by atoms with Gasteiger partial charge in [-0.25, -0.2) is 0 Å². The molecule has 1 aromatic carbocycles. The van der Waals surface area contributed by atoms with Crippen molar-refractivity contribution in [2.24, 2.45) is 0 Å². The standard InChI is InChI=1S/C18H30N2O/c1-14-11-16(3)17(12-15(14)2)13-20(9-10-21)18-5-7-19(4)8-6-18/h11-12,18,21H,5-10,13H2,1-4H3. The first kappa shape index (κ1) is 16.5. The zero-order valence-corrected chi connectivity index (χ0v) is 14.0. The summed E-state index contributed by atoms with van der Waals surface area (Å²) in [5.74, 6) is 0. The monoisotopic (exact) mass is 290 g/mol. The molecule has 0 saturated carbocycles. The minimum Gasteiger partial charge on any atom is -0.395 e. The highest BCUT2D eigenvalue weighted by Gasteiger charge is 2.23. The molecule has 1 heterocycles. The van der Waals surface area contributed by atoms with Crippen LogP contribution in [-0.4, -0.2) is 54.2 Å². The van der Waals surface area contributed by atoms with E-state index in [1.165, 1.54) is 48.2 Å². The Bertz CT molecular complexity index is 465. The maximum atomic E-state index is 9.41. The number of likely N-dealkylation sites (tertiary alicyclic amines) is 1. The van der Waals surface area contributed by atoms with Crippen molar-refractivity contribution in [1.29, 1.82) is 0 Å². The Hall–Kier alpha value is -0.900. The van der Waals surface area contributed by atoms with Gasteiger partial charge in [0.1, 0.15) is 0 Å². The molecule has 1 aliphatic heterocycles. The largest absolute Gasteiger partial charge is 0.395 e. The first-order valence-corrected chi connectivity index (χ1v) is 8.11. The van der Waals surface area contributed by atoms with E-state index in [4.69, 9.17) is 0 Å². The predicted molar refractivity (Wildman–Crippen MR) is 88.7 cm³/mol. The number of hydrogen-bond donors (Lipinski definition) is 1. The molecule has 0 bridgehead atoms. The molecule has 0 atom stereocenters. The molecule has 2 rings (SSSR count). The summed E-state index contributed by atoms with van der Waals surface area (Å²) in [5.41, 5.74) is 5.51. The predicted octanol–water partition coefficient (Wildman–Crippen LogP) is 2.50. The highest BCUT2D eigenvalue weighted by molar-refractivity contribution is 5.36. The Morgan fingerprint density at radius 1 is 1.10 bits per heavy atom. The van der Waals surface area contributed by atoms with E-state index >= 15 is 0 Å². The summed E-state index contributed by atoms with van der Waals surface area (Å²) in [7, 11) is 2.19. The van der Waals surface area contributed by atoms with Crippen LogP contribution >= 0.6 is 0 Å². The summed E-state index contributed by atoms with van der Waals surface area (Å²) < 4.78 is 0. The fourth-order valence-corrected chi connectivity index (χ4v) is 3.29. The molecule has 0 aliphatic carbocycles. The van der Waals surface area contributed by atoms with Gasteiger partial charge in [0.25, 0.3) is 0 Å². The van der Waals surface area contributed by atoms with Crippen LogP contribution < -0.4 is 0 Å². The minimum atomic E-state index is 0.246. The Labute approximate surface area is 129 Å². The topological polar surface area (TPSA) is 26.7 Å². The molecule has 1 fully saturated rings. The van der Waals surface area contributed by atoms with Crippen LogP contribution in [0.1, 0.15) is 35.1 Å². The summed E-state index contributed by atoms with van der Waals surface area (Å²) in [6, 6.07) is 5.22. The number of aryl methyl sites for hydroxylation is 3. The fraction of sp³-hybridized carbons (Fsp3) is 0.667. The average molecular weight is 290 g/mol. The van der Waals surface area contributed by atoms with E-state index in [2.05, 4.69) is 49.8 Å². The molecule has 0 spiro atoms. The highest BCUT2D eigenvalue weighted by Crippen LogP contribution is 2.21. The van der Waals surface area contributed by atoms with E-state index in [-0.39, 0.29) is 6.61 Å². The van der Waals surface area contributed by atoms with Gasteiger partial charge >= 0.3 is 0 Å². The van der Waals surface area contributed by atoms with E-state index in [0.717, 1.165) is 13.1 Å². The summed E-state index contributed by atoms with van der Waals surface area (Å²) in [5, 5.41) is 9.41. The molecule has 0 unspecified atom stereocenters. The number of piperidine rings is 1. The molecule has 0 radical (unpaired) electrons. The Kier molecular flexibility index (Phi) is 5.80. The first-order valence-electron chi connectivity index (χ1n) is 8.11. The van der Waals surface area contributed by atoms with Gasteiger partial charge < -0.3 is 10.0 Å². The molecular formula is C18H30N2O. The Balaban J connectivity index is 2.10. The number of benzene rings is 1. The molecule has 1 saturated heterocycles. The van der Waals surface area contributed by atoms with Crippen LogP contribution in [0.2, 0.25) is 0 Å². The summed E-state index contributed by atoms with van der Waals surface area (Å²) in [6.45, 7) is 10.9. The van der Waals surface area contributed by atoms with Gasteiger partial charge in [-0.2, -0.15) is 0 Å². The Morgan fingerprint density at radius 3 is 2.33 bits per heavy atom. The van der Waals surface area contributed by atoms with E-state index in [1.807, 2.05) is 0 Å². The molecule has 118 valence electrons. The van der Waals surface area contributed by atoms with Crippen molar-refractivity contribution < 1.29 is 5.11 Å². The third-order valence-corrected chi connectivity index (χ3v) is 4.92. The fourth-order valence-electron chi connectivity index (χ4n) is 3.29. The molecular weight excluding hydrogens is 260 g/mol. The van der Waals surface area contributed by atoms with Crippen LogP contribution in [0.3, 0.4) is 0 Å². The van der Waals surface area contributed by atoms with E-state index in [9.17, 15) is 5.11 Å². The second-order valence-corrected chi connectivity index (χ2v) is 6.59. The van der Waals surface area contributed by atoms with Crippen molar-refractivity contribution in [1.82, 2.24) is 9.80 Å². The zero-order chi connectivity index (χ0) is 15.4. The van der Waals surface area contributed by atoms with Gasteiger partial charge in [0.05, 0.1) is 6.61 Å². The number of hydrogen-bond acceptors (Lipinski definition) is 3. The molecule has 0 amide bonds. The van der Waals surface area contributed by atoms with E-state index in [0.29, 0.717) is 6.04 Å². The van der Waals surface area contributed by atoms with Crippen LogP contribution in [0.5, 0.6) is 0 Å². The molecule has 0 aromatic heterocycles. The third-order valence-electron chi connectivity index (χ3n) is 4.92. The summed E-state index contributed by atoms with van der Waals surface area (Å²) >= 11 is 0. The second-order valence-electron chi connectivity index (χ2n) is 6.59. The van der Waals surface area contributed by atoms with Crippen LogP contribution in [-0.2, 0) is 6.54 Å². The van der Waals surface area contributed by atoms with Gasteiger partial charge in [0.15, 0.2) is 0 Å². The molecule has 1 N–H and O–H groups in total. The van der Waals surface area contributed by atoms with E-state index in [1.54, 1.807) is 0 Å². The van der Waals surface area contributed by atoms with Crippen molar-refractivity contribution >= 4 is 0 Å². The van der Waals surface area contributed by atoms with Crippen LogP contribution in [0.4, 0.5) is 0 Å². The number of aliphatic hydroxyl groups excluding tert-OH is 1. The van der Waals surface area contributed by atoms with Crippen molar-refractivity contribution in [3.8, 4) is 0 Å². The maximum absolute atomic E-state index is 9.41. The quantitative estimate of drug-likeness (QED) is 0.902. The lowest BCUT2D eigenvalue weighted by Crippen LogP contribution is -2.44. The maximum Gasteiger partial charge on any atom is 0.0558 e. The van der Waals surface area contributed by atoms with Crippen LogP contribution in [0.25, 0.3) is 0 Å². The van der Waals surface area contributed by atoms with Crippen molar-refractivity contribution in [2.45, 2.75) is 46.2 Å². The number of aliphatic hydroxyl groups is 1. The third kappa shape index (κ3) is 4.29. The normalized spacial score (nSPS) is 17.6. The molecule has 21 heavy (non-hydrogen) atoms. The molecule has 1 aliphatic rings. The van der Waals surface area contributed by atoms with Crippen molar-refractivity contribution in [3.05, 3.63) is 34.4 Å². The van der Waals surface area contributed by atoms with Crippen LogP contribution in [0, 0.1) is 20.8 Å². The van der Waals surface area contributed by atoms with Gasteiger partial charge in [-0.05, 0) is 76.0 Å². The van der Waals surface area contributed by atoms with Crippen molar-refractivity contribution in [3.63, 3.8) is 0 Å². The first-order chi connectivity index (χ1) is 10.0. The lowest BCUT2D eigenvalue weighted by Gasteiger charge is -2.37.